The molecular weight excluding hydrogens is 446 g/mol. The second-order valence-corrected chi connectivity index (χ2v) is 14.1. The fourth-order valence-electron chi connectivity index (χ4n) is 3.82. The Kier molecular flexibility index (Phi) is 10.3. The summed E-state index contributed by atoms with van der Waals surface area (Å²) in [6.07, 6.45) is 1.54. The van der Waals surface area contributed by atoms with Gasteiger partial charge in [-0.2, -0.15) is 0 Å². The standard InChI is InChI=1S/C27H39NO5Si/c1-6-31-25(29)27(28,26(30)32-7-2)17-16-22-12-14-23(15-13-22)33-18-9-19-34(4,5)24-11-8-10-21(3)20-24/h8,10-15,20H,6-7,9,16-19,28H2,1-5H3. The molecule has 2 aromatic carbocycles. The van der Waals surface area contributed by atoms with E-state index in [9.17, 15) is 9.59 Å². The van der Waals surface area contributed by atoms with E-state index in [4.69, 9.17) is 19.9 Å². The highest BCUT2D eigenvalue weighted by Gasteiger charge is 2.44. The largest absolute Gasteiger partial charge is 0.494 e. The summed E-state index contributed by atoms with van der Waals surface area (Å²) >= 11 is 0. The van der Waals surface area contributed by atoms with Crippen molar-refractivity contribution in [3.05, 3.63) is 59.7 Å². The number of nitrogens with two attached hydrogens (primary N) is 1. The molecule has 6 nitrogen and oxygen atoms in total. The smallest absolute Gasteiger partial charge is 0.337 e. The number of benzene rings is 2. The first-order valence-electron chi connectivity index (χ1n) is 12.0. The molecule has 0 saturated carbocycles. The molecule has 2 N–H and O–H groups in total. The third-order valence-electron chi connectivity index (χ3n) is 6.03. The van der Waals surface area contributed by atoms with Crippen LogP contribution in [-0.2, 0) is 25.5 Å². The summed E-state index contributed by atoms with van der Waals surface area (Å²) in [6.45, 7) is 11.3. The molecule has 34 heavy (non-hydrogen) atoms. The fraction of sp³-hybridized carbons (Fsp3) is 0.481. The molecule has 2 rings (SSSR count). The topological polar surface area (TPSA) is 87.9 Å². The normalized spacial score (nSPS) is 11.7. The zero-order valence-electron chi connectivity index (χ0n) is 21.2. The van der Waals surface area contributed by atoms with Gasteiger partial charge >= 0.3 is 11.9 Å². The average molecular weight is 486 g/mol. The Bertz CT molecular complexity index is 924. The van der Waals surface area contributed by atoms with Gasteiger partial charge in [-0.3, -0.25) is 0 Å². The number of carbonyl (C=O) groups excluding carboxylic acids is 2. The Balaban J connectivity index is 1.87. The van der Waals surface area contributed by atoms with Crippen molar-refractivity contribution in [2.75, 3.05) is 19.8 Å². The molecule has 0 heterocycles. The van der Waals surface area contributed by atoms with Gasteiger partial charge in [-0.1, -0.05) is 66.3 Å². The summed E-state index contributed by atoms with van der Waals surface area (Å²) in [5.41, 5.74) is 6.58. The summed E-state index contributed by atoms with van der Waals surface area (Å²) in [7, 11) is -1.48. The van der Waals surface area contributed by atoms with Gasteiger partial charge in [0, 0.05) is 0 Å². The lowest BCUT2D eigenvalue weighted by atomic mass is 9.92. The fourth-order valence-corrected chi connectivity index (χ4v) is 6.30. The van der Waals surface area contributed by atoms with Crippen molar-refractivity contribution >= 4 is 25.2 Å². The zero-order valence-corrected chi connectivity index (χ0v) is 22.2. The number of carbonyl (C=O) groups is 2. The van der Waals surface area contributed by atoms with Gasteiger partial charge in [0.15, 0.2) is 0 Å². The maximum atomic E-state index is 12.3. The quantitative estimate of drug-likeness (QED) is 0.199. The molecule has 0 spiro atoms. The zero-order chi connectivity index (χ0) is 25.2. The highest BCUT2D eigenvalue weighted by Crippen LogP contribution is 2.20. The summed E-state index contributed by atoms with van der Waals surface area (Å²) in [6, 6.07) is 17.7. The van der Waals surface area contributed by atoms with Gasteiger partial charge in [-0.15, -0.1) is 0 Å². The number of aryl methyl sites for hydroxylation is 2. The van der Waals surface area contributed by atoms with Crippen LogP contribution >= 0.6 is 0 Å². The van der Waals surface area contributed by atoms with Gasteiger partial charge in [0.05, 0.1) is 27.9 Å². The van der Waals surface area contributed by atoms with Crippen LogP contribution in [0.3, 0.4) is 0 Å². The number of hydrogen-bond acceptors (Lipinski definition) is 6. The number of esters is 2. The van der Waals surface area contributed by atoms with Gasteiger partial charge < -0.3 is 19.9 Å². The van der Waals surface area contributed by atoms with Gasteiger partial charge in [-0.25, -0.2) is 9.59 Å². The van der Waals surface area contributed by atoms with Crippen LogP contribution in [0.4, 0.5) is 0 Å². The van der Waals surface area contributed by atoms with Gasteiger partial charge in [0.25, 0.3) is 0 Å². The van der Waals surface area contributed by atoms with E-state index in [1.807, 2.05) is 24.3 Å². The SMILES string of the molecule is CCOC(=O)C(N)(CCc1ccc(OCCC[Si](C)(C)c2cccc(C)c2)cc1)C(=O)OCC. The van der Waals surface area contributed by atoms with Gasteiger partial charge in [-0.05, 0) is 57.7 Å². The van der Waals surface area contributed by atoms with Crippen LogP contribution in [0, 0.1) is 6.92 Å². The minimum atomic E-state index is -1.81. The van der Waals surface area contributed by atoms with E-state index in [1.165, 1.54) is 10.8 Å². The van der Waals surface area contributed by atoms with E-state index < -0.39 is 25.6 Å². The van der Waals surface area contributed by atoms with Crippen molar-refractivity contribution in [3.63, 3.8) is 0 Å². The lowest BCUT2D eigenvalue weighted by Crippen LogP contribution is -2.57. The summed E-state index contributed by atoms with van der Waals surface area (Å²) in [4.78, 5) is 24.6. The monoisotopic (exact) mass is 485 g/mol. The summed E-state index contributed by atoms with van der Waals surface area (Å²) < 4.78 is 16.0. The summed E-state index contributed by atoms with van der Waals surface area (Å²) in [5.74, 6) is -0.718. The summed E-state index contributed by atoms with van der Waals surface area (Å²) in [5, 5.41) is 1.48. The molecule has 0 aliphatic heterocycles. The van der Waals surface area contributed by atoms with E-state index in [1.54, 1.807) is 13.8 Å². The molecule has 0 aliphatic carbocycles. The van der Waals surface area contributed by atoms with Crippen molar-refractivity contribution in [1.82, 2.24) is 0 Å². The second kappa shape index (κ2) is 12.7. The van der Waals surface area contributed by atoms with Crippen molar-refractivity contribution in [2.24, 2.45) is 5.73 Å². The van der Waals surface area contributed by atoms with E-state index in [-0.39, 0.29) is 19.6 Å². The Morgan fingerprint density at radius 1 is 0.971 bits per heavy atom. The van der Waals surface area contributed by atoms with Crippen LogP contribution in [0.15, 0.2) is 48.5 Å². The van der Waals surface area contributed by atoms with Crippen molar-refractivity contribution in [1.29, 1.82) is 0 Å². The number of ether oxygens (including phenoxy) is 3. The average Bonchev–Trinajstić information content (AvgIpc) is 2.81. The highest BCUT2D eigenvalue weighted by atomic mass is 28.3. The van der Waals surface area contributed by atoms with Crippen LogP contribution in [0.1, 0.15) is 37.8 Å². The van der Waals surface area contributed by atoms with Gasteiger partial charge in [0.1, 0.15) is 5.75 Å². The molecule has 7 heteroatoms. The van der Waals surface area contributed by atoms with Crippen LogP contribution in [0.25, 0.3) is 0 Å². The first kappa shape index (κ1) is 27.6. The van der Waals surface area contributed by atoms with Crippen LogP contribution in [0.5, 0.6) is 5.75 Å². The Labute approximate surface area is 204 Å². The molecule has 0 aliphatic rings. The Hall–Kier alpha value is -2.64. The minimum Gasteiger partial charge on any atom is -0.494 e. The maximum Gasteiger partial charge on any atom is 0.337 e. The number of rotatable bonds is 13. The lowest BCUT2D eigenvalue weighted by Gasteiger charge is -2.24. The van der Waals surface area contributed by atoms with Crippen LogP contribution < -0.4 is 15.7 Å². The molecule has 2 aromatic rings. The third kappa shape index (κ3) is 7.70. The molecule has 0 fully saturated rings. The van der Waals surface area contributed by atoms with Crippen molar-refractivity contribution in [3.8, 4) is 5.75 Å². The molecule has 0 amide bonds. The van der Waals surface area contributed by atoms with Crippen molar-refractivity contribution in [2.45, 2.75) is 64.7 Å². The molecule has 0 radical (unpaired) electrons. The number of hydrogen-bond donors (Lipinski definition) is 1. The Morgan fingerprint density at radius 2 is 1.59 bits per heavy atom. The van der Waals surface area contributed by atoms with E-state index in [0.29, 0.717) is 13.0 Å². The molecule has 0 saturated heterocycles. The molecule has 0 unspecified atom stereocenters. The molecule has 0 aromatic heterocycles. The third-order valence-corrected chi connectivity index (χ3v) is 9.50. The molecule has 186 valence electrons. The minimum absolute atomic E-state index is 0.101. The Morgan fingerprint density at radius 3 is 2.15 bits per heavy atom. The molecular formula is C27H39NO5Si. The lowest BCUT2D eigenvalue weighted by molar-refractivity contribution is -0.164. The first-order chi connectivity index (χ1) is 16.1. The molecule has 0 bridgehead atoms. The van der Waals surface area contributed by atoms with E-state index in [2.05, 4.69) is 44.3 Å². The highest BCUT2D eigenvalue weighted by molar-refractivity contribution is 6.89. The predicted molar refractivity (Wildman–Crippen MR) is 138 cm³/mol. The maximum absolute atomic E-state index is 12.3. The van der Waals surface area contributed by atoms with Crippen molar-refractivity contribution < 1.29 is 23.8 Å². The van der Waals surface area contributed by atoms with Gasteiger partial charge in [0.2, 0.25) is 5.54 Å². The van der Waals surface area contributed by atoms with Crippen LogP contribution in [-0.4, -0.2) is 45.4 Å². The van der Waals surface area contributed by atoms with E-state index >= 15 is 0 Å². The van der Waals surface area contributed by atoms with Crippen LogP contribution in [0.2, 0.25) is 19.1 Å². The second-order valence-electron chi connectivity index (χ2n) is 9.26. The predicted octanol–water partition coefficient (Wildman–Crippen LogP) is 4.14. The van der Waals surface area contributed by atoms with E-state index in [0.717, 1.165) is 23.8 Å². The first-order valence-corrected chi connectivity index (χ1v) is 15.3. The molecule has 0 atom stereocenters.